The van der Waals surface area contributed by atoms with Gasteiger partial charge in [-0.15, -0.1) is 0 Å². The van der Waals surface area contributed by atoms with Crippen LogP contribution >= 0.6 is 11.6 Å². The van der Waals surface area contributed by atoms with Crippen molar-refractivity contribution >= 4 is 17.3 Å². The molecular formula is C13H13ClFN3O2. The summed E-state index contributed by atoms with van der Waals surface area (Å²) in [7, 11) is 3.03. The van der Waals surface area contributed by atoms with Crippen LogP contribution < -0.4 is 14.8 Å². The second-order valence-corrected chi connectivity index (χ2v) is 4.26. The SMILES string of the molecule is COc1ncnc(OC)c1CNc1ccc(F)c(Cl)c1. The lowest BCUT2D eigenvalue weighted by atomic mass is 10.2. The molecule has 1 aromatic carbocycles. The van der Waals surface area contributed by atoms with Crippen LogP contribution in [0.5, 0.6) is 11.8 Å². The van der Waals surface area contributed by atoms with Crippen LogP contribution in [0.2, 0.25) is 5.02 Å². The van der Waals surface area contributed by atoms with Crippen molar-refractivity contribution < 1.29 is 13.9 Å². The van der Waals surface area contributed by atoms with E-state index in [4.69, 9.17) is 21.1 Å². The second-order valence-electron chi connectivity index (χ2n) is 3.85. The minimum atomic E-state index is -0.463. The molecule has 1 aromatic heterocycles. The van der Waals surface area contributed by atoms with Gasteiger partial charge in [0.2, 0.25) is 11.8 Å². The minimum Gasteiger partial charge on any atom is -0.481 e. The van der Waals surface area contributed by atoms with Crippen LogP contribution in [0, 0.1) is 5.82 Å². The highest BCUT2D eigenvalue weighted by Crippen LogP contribution is 2.25. The number of aromatic nitrogens is 2. The van der Waals surface area contributed by atoms with Gasteiger partial charge in [-0.2, -0.15) is 0 Å². The van der Waals surface area contributed by atoms with Crippen LogP contribution in [-0.4, -0.2) is 24.2 Å². The Labute approximate surface area is 120 Å². The first-order valence-corrected chi connectivity index (χ1v) is 6.14. The first-order chi connectivity index (χ1) is 9.65. The zero-order valence-corrected chi connectivity index (χ0v) is 11.7. The van der Waals surface area contributed by atoms with Gasteiger partial charge in [0, 0.05) is 5.69 Å². The summed E-state index contributed by atoms with van der Waals surface area (Å²) >= 11 is 5.72. The highest BCUT2D eigenvalue weighted by Gasteiger charge is 2.12. The molecule has 1 N–H and O–H groups in total. The van der Waals surface area contributed by atoms with Crippen LogP contribution in [0.1, 0.15) is 5.56 Å². The van der Waals surface area contributed by atoms with Crippen molar-refractivity contribution in [3.8, 4) is 11.8 Å². The number of anilines is 1. The summed E-state index contributed by atoms with van der Waals surface area (Å²) in [4.78, 5) is 8.02. The van der Waals surface area contributed by atoms with Gasteiger partial charge in [-0.05, 0) is 18.2 Å². The zero-order chi connectivity index (χ0) is 14.5. The maximum absolute atomic E-state index is 13.1. The van der Waals surface area contributed by atoms with Crippen molar-refractivity contribution in [2.45, 2.75) is 6.54 Å². The van der Waals surface area contributed by atoms with E-state index in [1.165, 1.54) is 32.7 Å². The lowest BCUT2D eigenvalue weighted by Crippen LogP contribution is -2.06. The number of nitrogens with one attached hydrogen (secondary N) is 1. The molecule has 5 nitrogen and oxygen atoms in total. The minimum absolute atomic E-state index is 0.0539. The Hall–Kier alpha value is -2.08. The maximum atomic E-state index is 13.1. The summed E-state index contributed by atoms with van der Waals surface area (Å²) in [5.74, 6) is 0.366. The standard InChI is InChI=1S/C13H13ClFN3O2/c1-19-12-9(13(20-2)18-7-17-12)6-16-8-3-4-11(15)10(14)5-8/h3-5,7,16H,6H2,1-2H3. The molecule has 0 aliphatic heterocycles. The van der Waals surface area contributed by atoms with E-state index in [2.05, 4.69) is 15.3 Å². The topological polar surface area (TPSA) is 56.3 Å². The van der Waals surface area contributed by atoms with Crippen LogP contribution in [0.4, 0.5) is 10.1 Å². The molecule has 0 atom stereocenters. The summed E-state index contributed by atoms with van der Waals surface area (Å²) in [6, 6.07) is 4.38. The number of ether oxygens (including phenoxy) is 2. The molecule has 2 rings (SSSR count). The summed E-state index contributed by atoms with van der Waals surface area (Å²) in [5.41, 5.74) is 1.34. The fourth-order valence-corrected chi connectivity index (χ4v) is 1.86. The van der Waals surface area contributed by atoms with Crippen LogP contribution in [0.25, 0.3) is 0 Å². The van der Waals surface area contributed by atoms with Gasteiger partial charge in [-0.3, -0.25) is 0 Å². The Morgan fingerprint density at radius 1 is 1.20 bits per heavy atom. The molecule has 0 saturated heterocycles. The molecule has 0 spiro atoms. The van der Waals surface area contributed by atoms with Crippen LogP contribution in [0.3, 0.4) is 0 Å². The number of benzene rings is 1. The average Bonchev–Trinajstić information content (AvgIpc) is 2.48. The largest absolute Gasteiger partial charge is 0.481 e. The second kappa shape index (κ2) is 6.38. The molecule has 2 aromatic rings. The first kappa shape index (κ1) is 14.3. The van der Waals surface area contributed by atoms with Gasteiger partial charge in [0.05, 0.1) is 31.4 Å². The molecule has 0 aliphatic rings. The van der Waals surface area contributed by atoms with Crippen LogP contribution in [0.15, 0.2) is 24.5 Å². The molecular weight excluding hydrogens is 285 g/mol. The Morgan fingerprint density at radius 3 is 2.40 bits per heavy atom. The molecule has 20 heavy (non-hydrogen) atoms. The highest BCUT2D eigenvalue weighted by molar-refractivity contribution is 6.31. The number of hydrogen-bond acceptors (Lipinski definition) is 5. The molecule has 0 bridgehead atoms. The van der Waals surface area contributed by atoms with Gasteiger partial charge in [-0.25, -0.2) is 14.4 Å². The Kier molecular flexibility index (Phi) is 4.57. The lowest BCUT2D eigenvalue weighted by Gasteiger charge is -2.12. The Bertz CT molecular complexity index is 588. The summed E-state index contributed by atoms with van der Waals surface area (Å²) in [5, 5.41) is 3.14. The molecule has 7 heteroatoms. The molecule has 0 unspecified atom stereocenters. The van der Waals surface area contributed by atoms with Gasteiger partial charge in [0.15, 0.2) is 0 Å². The smallest absolute Gasteiger partial charge is 0.225 e. The third kappa shape index (κ3) is 3.08. The van der Waals surface area contributed by atoms with E-state index in [0.717, 1.165) is 0 Å². The van der Waals surface area contributed by atoms with Gasteiger partial charge in [-0.1, -0.05) is 11.6 Å². The van der Waals surface area contributed by atoms with Gasteiger partial charge in [0.1, 0.15) is 12.1 Å². The number of halogens is 2. The molecule has 0 fully saturated rings. The van der Waals surface area contributed by atoms with E-state index in [-0.39, 0.29) is 5.02 Å². The van der Waals surface area contributed by atoms with E-state index in [1.807, 2.05) is 0 Å². The fraction of sp³-hybridized carbons (Fsp3) is 0.231. The van der Waals surface area contributed by atoms with E-state index >= 15 is 0 Å². The van der Waals surface area contributed by atoms with E-state index in [9.17, 15) is 4.39 Å². The molecule has 0 saturated carbocycles. The highest BCUT2D eigenvalue weighted by atomic mass is 35.5. The maximum Gasteiger partial charge on any atom is 0.225 e. The van der Waals surface area contributed by atoms with Crippen molar-refractivity contribution in [1.29, 1.82) is 0 Å². The van der Waals surface area contributed by atoms with Crippen molar-refractivity contribution in [1.82, 2.24) is 9.97 Å². The summed E-state index contributed by atoms with van der Waals surface area (Å²) < 4.78 is 23.4. The third-order valence-electron chi connectivity index (χ3n) is 2.64. The number of rotatable bonds is 5. The summed E-state index contributed by atoms with van der Waals surface area (Å²) in [6.45, 7) is 0.356. The molecule has 0 amide bonds. The number of nitrogens with zero attached hydrogens (tertiary/aromatic N) is 2. The number of methoxy groups -OCH3 is 2. The van der Waals surface area contributed by atoms with Crippen molar-refractivity contribution in [2.24, 2.45) is 0 Å². The van der Waals surface area contributed by atoms with Crippen molar-refractivity contribution in [3.05, 3.63) is 40.9 Å². The first-order valence-electron chi connectivity index (χ1n) is 5.76. The molecule has 0 aliphatic carbocycles. The monoisotopic (exact) mass is 297 g/mol. The van der Waals surface area contributed by atoms with Gasteiger partial charge in [0.25, 0.3) is 0 Å². The number of hydrogen-bond donors (Lipinski definition) is 1. The van der Waals surface area contributed by atoms with Crippen molar-refractivity contribution in [3.63, 3.8) is 0 Å². The van der Waals surface area contributed by atoms with Crippen LogP contribution in [-0.2, 0) is 6.54 Å². The molecule has 1 heterocycles. The van der Waals surface area contributed by atoms with Crippen molar-refractivity contribution in [2.75, 3.05) is 19.5 Å². The molecule has 0 radical (unpaired) electrons. The third-order valence-corrected chi connectivity index (χ3v) is 2.93. The predicted octanol–water partition coefficient (Wildman–Crippen LogP) is 2.90. The van der Waals surface area contributed by atoms with Gasteiger partial charge < -0.3 is 14.8 Å². The normalized spacial score (nSPS) is 10.2. The van der Waals surface area contributed by atoms with Gasteiger partial charge >= 0.3 is 0 Å². The average molecular weight is 298 g/mol. The predicted molar refractivity (Wildman–Crippen MR) is 73.9 cm³/mol. The van der Waals surface area contributed by atoms with E-state index in [0.29, 0.717) is 29.6 Å². The quantitative estimate of drug-likeness (QED) is 0.919. The Balaban J connectivity index is 2.19. The fourth-order valence-electron chi connectivity index (χ4n) is 1.68. The lowest BCUT2D eigenvalue weighted by molar-refractivity contribution is 0.363. The Morgan fingerprint density at radius 2 is 1.85 bits per heavy atom. The van der Waals surface area contributed by atoms with E-state index in [1.54, 1.807) is 6.07 Å². The van der Waals surface area contributed by atoms with E-state index < -0.39 is 5.82 Å². The summed E-state index contributed by atoms with van der Waals surface area (Å²) in [6.07, 6.45) is 1.36. The molecule has 106 valence electrons. The zero-order valence-electron chi connectivity index (χ0n) is 11.0.